The van der Waals surface area contributed by atoms with Crippen molar-refractivity contribution in [3.63, 3.8) is 0 Å². The molecule has 0 spiro atoms. The van der Waals surface area contributed by atoms with E-state index in [2.05, 4.69) is 26.0 Å². The van der Waals surface area contributed by atoms with Crippen LogP contribution >= 0.6 is 0 Å². The summed E-state index contributed by atoms with van der Waals surface area (Å²) in [6.45, 7) is 6.15. The third kappa shape index (κ3) is 3.66. The van der Waals surface area contributed by atoms with Crippen molar-refractivity contribution in [1.82, 2.24) is 0 Å². The maximum atomic E-state index is 10.5. The molecule has 0 aliphatic carbocycles. The van der Waals surface area contributed by atoms with Gasteiger partial charge < -0.3 is 9.84 Å². The first-order chi connectivity index (χ1) is 7.50. The largest absolute Gasteiger partial charge is 0.479 e. The minimum absolute atomic E-state index is 0.339. The molecule has 1 N–H and O–H groups in total. The zero-order valence-corrected chi connectivity index (χ0v) is 9.93. The van der Waals surface area contributed by atoms with Crippen LogP contribution in [0, 0.1) is 0 Å². The zero-order chi connectivity index (χ0) is 12.1. The first kappa shape index (κ1) is 12.7. The van der Waals surface area contributed by atoms with Crippen LogP contribution in [0.1, 0.15) is 37.8 Å². The lowest BCUT2D eigenvalue weighted by molar-refractivity contribution is -0.149. The third-order valence-electron chi connectivity index (χ3n) is 2.49. The van der Waals surface area contributed by atoms with Crippen molar-refractivity contribution in [2.24, 2.45) is 0 Å². The van der Waals surface area contributed by atoms with Gasteiger partial charge in [0.05, 0.1) is 6.61 Å². The molecule has 0 amide bonds. The van der Waals surface area contributed by atoms with Crippen molar-refractivity contribution in [3.8, 4) is 0 Å². The molecule has 3 heteroatoms. The summed E-state index contributed by atoms with van der Waals surface area (Å²) in [6.07, 6.45) is -0.759. The highest BCUT2D eigenvalue weighted by molar-refractivity contribution is 5.71. The Morgan fingerprint density at radius 2 is 1.81 bits per heavy atom. The molecule has 1 atom stereocenters. The van der Waals surface area contributed by atoms with Crippen LogP contribution in [-0.4, -0.2) is 17.2 Å². The zero-order valence-electron chi connectivity index (χ0n) is 9.93. The quantitative estimate of drug-likeness (QED) is 0.833. The van der Waals surface area contributed by atoms with Crippen molar-refractivity contribution < 1.29 is 14.6 Å². The van der Waals surface area contributed by atoms with Gasteiger partial charge >= 0.3 is 5.97 Å². The molecule has 3 nitrogen and oxygen atoms in total. The highest BCUT2D eigenvalue weighted by Gasteiger charge is 2.10. The summed E-state index contributed by atoms with van der Waals surface area (Å²) in [5, 5.41) is 8.65. The Morgan fingerprint density at radius 1 is 1.25 bits per heavy atom. The number of hydrogen-bond donors (Lipinski definition) is 1. The summed E-state index contributed by atoms with van der Waals surface area (Å²) < 4.78 is 5.19. The van der Waals surface area contributed by atoms with Crippen LogP contribution < -0.4 is 0 Å². The molecule has 0 heterocycles. The van der Waals surface area contributed by atoms with Gasteiger partial charge in [0.1, 0.15) is 0 Å². The summed E-state index contributed by atoms with van der Waals surface area (Å²) in [4.78, 5) is 10.5. The number of ether oxygens (including phenoxy) is 1. The van der Waals surface area contributed by atoms with Gasteiger partial charge in [-0.25, -0.2) is 4.79 Å². The summed E-state index contributed by atoms with van der Waals surface area (Å²) >= 11 is 0. The molecule has 1 aromatic rings. The van der Waals surface area contributed by atoms with E-state index in [9.17, 15) is 4.79 Å². The Labute approximate surface area is 96.1 Å². The van der Waals surface area contributed by atoms with Gasteiger partial charge in [0.25, 0.3) is 0 Å². The maximum absolute atomic E-state index is 10.5. The van der Waals surface area contributed by atoms with E-state index in [4.69, 9.17) is 9.84 Å². The number of rotatable bonds is 5. The van der Waals surface area contributed by atoms with Crippen LogP contribution in [0.4, 0.5) is 0 Å². The maximum Gasteiger partial charge on any atom is 0.332 e. The van der Waals surface area contributed by atoms with Crippen molar-refractivity contribution in [1.29, 1.82) is 0 Å². The van der Waals surface area contributed by atoms with Crippen LogP contribution in [0.25, 0.3) is 0 Å². The number of carboxylic acid groups (broad SMARTS) is 1. The van der Waals surface area contributed by atoms with Crippen molar-refractivity contribution in [3.05, 3.63) is 35.4 Å². The predicted octanol–water partition coefficient (Wildman–Crippen LogP) is 2.80. The molecule has 0 radical (unpaired) electrons. The SMILES string of the molecule is CC(C)c1ccc(CO[C@H](C)C(=O)O)cc1. The lowest BCUT2D eigenvalue weighted by Gasteiger charge is -2.10. The lowest BCUT2D eigenvalue weighted by Crippen LogP contribution is -2.19. The average Bonchev–Trinajstić information content (AvgIpc) is 2.26. The van der Waals surface area contributed by atoms with E-state index >= 15 is 0 Å². The van der Waals surface area contributed by atoms with Crippen LogP contribution in [0.5, 0.6) is 0 Å². The van der Waals surface area contributed by atoms with Gasteiger partial charge in [-0.1, -0.05) is 38.1 Å². The average molecular weight is 222 g/mol. The molecule has 88 valence electrons. The fourth-order valence-corrected chi connectivity index (χ4v) is 1.29. The van der Waals surface area contributed by atoms with E-state index < -0.39 is 12.1 Å². The van der Waals surface area contributed by atoms with E-state index in [1.807, 2.05) is 12.1 Å². The van der Waals surface area contributed by atoms with E-state index in [1.54, 1.807) is 0 Å². The van der Waals surface area contributed by atoms with Gasteiger partial charge in [-0.3, -0.25) is 0 Å². The first-order valence-electron chi connectivity index (χ1n) is 5.44. The Balaban J connectivity index is 2.52. The van der Waals surface area contributed by atoms with Crippen LogP contribution in [-0.2, 0) is 16.1 Å². The second kappa shape index (κ2) is 5.66. The van der Waals surface area contributed by atoms with Crippen molar-refractivity contribution in [2.75, 3.05) is 0 Å². The number of aliphatic carboxylic acids is 1. The summed E-state index contributed by atoms with van der Waals surface area (Å²) in [5.74, 6) is -0.424. The van der Waals surface area contributed by atoms with Crippen LogP contribution in [0.15, 0.2) is 24.3 Å². The van der Waals surface area contributed by atoms with E-state index in [-0.39, 0.29) is 0 Å². The number of hydrogen-bond acceptors (Lipinski definition) is 2. The second-order valence-corrected chi connectivity index (χ2v) is 4.19. The van der Waals surface area contributed by atoms with Gasteiger partial charge in [-0.15, -0.1) is 0 Å². The Morgan fingerprint density at radius 3 is 2.25 bits per heavy atom. The summed E-state index contributed by atoms with van der Waals surface area (Å²) in [7, 11) is 0. The van der Waals surface area contributed by atoms with Crippen LogP contribution in [0.3, 0.4) is 0 Å². The first-order valence-corrected chi connectivity index (χ1v) is 5.44. The van der Waals surface area contributed by atoms with E-state index in [1.165, 1.54) is 12.5 Å². The molecule has 1 aromatic carbocycles. The van der Waals surface area contributed by atoms with Crippen molar-refractivity contribution in [2.45, 2.75) is 39.4 Å². The second-order valence-electron chi connectivity index (χ2n) is 4.19. The minimum atomic E-state index is -0.932. The van der Waals surface area contributed by atoms with Gasteiger partial charge in [-0.05, 0) is 24.0 Å². The fourth-order valence-electron chi connectivity index (χ4n) is 1.29. The van der Waals surface area contributed by atoms with E-state index in [0.717, 1.165) is 5.56 Å². The summed E-state index contributed by atoms with van der Waals surface area (Å²) in [6, 6.07) is 8.05. The number of carbonyl (C=O) groups is 1. The minimum Gasteiger partial charge on any atom is -0.479 e. The van der Waals surface area contributed by atoms with Gasteiger partial charge in [-0.2, -0.15) is 0 Å². The molecule has 16 heavy (non-hydrogen) atoms. The standard InChI is InChI=1S/C13H18O3/c1-9(2)12-6-4-11(5-7-12)8-16-10(3)13(14)15/h4-7,9-10H,8H2,1-3H3,(H,14,15)/t10-/m1/s1. The van der Waals surface area contributed by atoms with E-state index in [0.29, 0.717) is 12.5 Å². The molecule has 0 aliphatic heterocycles. The Hall–Kier alpha value is -1.35. The van der Waals surface area contributed by atoms with Gasteiger partial charge in [0.15, 0.2) is 6.10 Å². The molecule has 0 saturated heterocycles. The molecular formula is C13H18O3. The molecule has 0 bridgehead atoms. The highest BCUT2D eigenvalue weighted by Crippen LogP contribution is 2.15. The molecule has 0 aromatic heterocycles. The lowest BCUT2D eigenvalue weighted by atomic mass is 10.0. The monoisotopic (exact) mass is 222 g/mol. The van der Waals surface area contributed by atoms with Gasteiger partial charge in [0.2, 0.25) is 0 Å². The number of benzene rings is 1. The summed E-state index contributed by atoms with van der Waals surface area (Å²) in [5.41, 5.74) is 2.27. The van der Waals surface area contributed by atoms with Crippen molar-refractivity contribution >= 4 is 5.97 Å². The molecular weight excluding hydrogens is 204 g/mol. The highest BCUT2D eigenvalue weighted by atomic mass is 16.5. The smallest absolute Gasteiger partial charge is 0.332 e. The fraction of sp³-hybridized carbons (Fsp3) is 0.462. The molecule has 0 aliphatic rings. The molecule has 0 saturated carbocycles. The third-order valence-corrected chi connectivity index (χ3v) is 2.49. The van der Waals surface area contributed by atoms with Crippen LogP contribution in [0.2, 0.25) is 0 Å². The Kier molecular flexibility index (Phi) is 4.50. The normalized spacial score (nSPS) is 12.8. The molecule has 0 unspecified atom stereocenters. The topological polar surface area (TPSA) is 46.5 Å². The Bertz CT molecular complexity index is 341. The molecule has 1 rings (SSSR count). The predicted molar refractivity (Wildman–Crippen MR) is 62.4 cm³/mol. The number of carboxylic acids is 1. The van der Waals surface area contributed by atoms with Gasteiger partial charge in [0, 0.05) is 0 Å². The molecule has 0 fully saturated rings.